The van der Waals surface area contributed by atoms with Crippen molar-refractivity contribution in [1.82, 2.24) is 10.5 Å². The molecular formula is C9H12N2O3. The van der Waals surface area contributed by atoms with E-state index in [1.807, 2.05) is 0 Å². The minimum Gasteiger partial charge on any atom is -0.394 e. The van der Waals surface area contributed by atoms with Gasteiger partial charge in [-0.25, -0.2) is 0 Å². The molecule has 0 bridgehead atoms. The number of hydrogen-bond acceptors (Lipinski definition) is 4. The molecule has 0 aliphatic heterocycles. The third kappa shape index (κ3) is 1.63. The van der Waals surface area contributed by atoms with E-state index in [9.17, 15) is 4.79 Å². The van der Waals surface area contributed by atoms with Crippen LogP contribution in [0.5, 0.6) is 0 Å². The Kier molecular flexibility index (Phi) is 2.03. The van der Waals surface area contributed by atoms with E-state index in [-0.39, 0.29) is 18.3 Å². The summed E-state index contributed by atoms with van der Waals surface area (Å²) in [7, 11) is 0. The summed E-state index contributed by atoms with van der Waals surface area (Å²) in [5.41, 5.74) is 0.265. The molecule has 1 heterocycles. The fourth-order valence-electron chi connectivity index (χ4n) is 1.25. The fourth-order valence-corrected chi connectivity index (χ4v) is 1.25. The summed E-state index contributed by atoms with van der Waals surface area (Å²) in [6.45, 7) is 1.73. The molecule has 0 aromatic carbocycles. The van der Waals surface area contributed by atoms with Gasteiger partial charge < -0.3 is 14.9 Å². The summed E-state index contributed by atoms with van der Waals surface area (Å²) in [6, 6.07) is 1.57. The summed E-state index contributed by atoms with van der Waals surface area (Å²) in [5.74, 6) is -0.112. The number of carbonyl (C=O) groups excluding carboxylic acids is 1. The van der Waals surface area contributed by atoms with Gasteiger partial charge >= 0.3 is 0 Å². The second kappa shape index (κ2) is 3.09. The maximum Gasteiger partial charge on any atom is 0.290 e. The van der Waals surface area contributed by atoms with Gasteiger partial charge in [-0.2, -0.15) is 0 Å². The Labute approximate surface area is 81.1 Å². The first kappa shape index (κ1) is 9.21. The molecular weight excluding hydrogens is 184 g/mol. The minimum absolute atomic E-state index is 0.0220. The third-order valence-electron chi connectivity index (χ3n) is 2.39. The Morgan fingerprint density at radius 1 is 1.79 bits per heavy atom. The zero-order valence-electron chi connectivity index (χ0n) is 7.91. The van der Waals surface area contributed by atoms with Crippen LogP contribution in [-0.4, -0.2) is 28.3 Å². The second-order valence-electron chi connectivity index (χ2n) is 3.73. The molecule has 1 saturated carbocycles. The number of carbonyl (C=O) groups is 1. The molecule has 5 heteroatoms. The highest BCUT2D eigenvalue weighted by Gasteiger charge is 2.44. The smallest absolute Gasteiger partial charge is 0.290 e. The predicted molar refractivity (Wildman–Crippen MR) is 47.8 cm³/mol. The lowest BCUT2D eigenvalue weighted by Gasteiger charge is -2.11. The van der Waals surface area contributed by atoms with Crippen LogP contribution in [0.25, 0.3) is 0 Å². The molecule has 1 aromatic rings. The molecule has 0 atom stereocenters. The van der Waals surface area contributed by atoms with Gasteiger partial charge in [0.25, 0.3) is 5.91 Å². The molecule has 5 nitrogen and oxygen atoms in total. The van der Waals surface area contributed by atoms with Crippen LogP contribution in [0.15, 0.2) is 10.6 Å². The molecule has 1 aromatic heterocycles. The number of aliphatic hydroxyl groups excluding tert-OH is 1. The van der Waals surface area contributed by atoms with E-state index in [0.717, 1.165) is 12.8 Å². The topological polar surface area (TPSA) is 75.4 Å². The molecule has 0 saturated heterocycles. The number of aliphatic hydroxyl groups is 1. The standard InChI is InChI=1S/C9H12N2O3/c1-6-4-7(14-11-6)8(13)10-9(5-12)2-3-9/h4,12H,2-3,5H2,1H3,(H,10,13). The average molecular weight is 196 g/mol. The van der Waals surface area contributed by atoms with Crippen LogP contribution in [0.1, 0.15) is 29.1 Å². The van der Waals surface area contributed by atoms with E-state index >= 15 is 0 Å². The number of nitrogens with zero attached hydrogens (tertiary/aromatic N) is 1. The van der Waals surface area contributed by atoms with Gasteiger partial charge in [-0.05, 0) is 19.8 Å². The van der Waals surface area contributed by atoms with Crippen molar-refractivity contribution in [3.63, 3.8) is 0 Å². The molecule has 1 aliphatic carbocycles. The van der Waals surface area contributed by atoms with Crippen molar-refractivity contribution in [2.45, 2.75) is 25.3 Å². The predicted octanol–water partition coefficient (Wildman–Crippen LogP) is 0.238. The van der Waals surface area contributed by atoms with Crippen LogP contribution in [0.2, 0.25) is 0 Å². The number of aryl methyl sites for hydroxylation is 1. The Bertz CT molecular complexity index is 355. The van der Waals surface area contributed by atoms with E-state index in [2.05, 4.69) is 10.5 Å². The molecule has 76 valence electrons. The molecule has 2 N–H and O–H groups in total. The Morgan fingerprint density at radius 3 is 2.93 bits per heavy atom. The van der Waals surface area contributed by atoms with Crippen molar-refractivity contribution < 1.29 is 14.4 Å². The Balaban J connectivity index is 2.03. The highest BCUT2D eigenvalue weighted by Crippen LogP contribution is 2.34. The lowest BCUT2D eigenvalue weighted by molar-refractivity contribution is 0.0869. The maximum absolute atomic E-state index is 11.5. The first-order valence-corrected chi connectivity index (χ1v) is 4.52. The average Bonchev–Trinajstić information content (AvgIpc) is 2.80. The number of hydrogen-bond donors (Lipinski definition) is 2. The highest BCUT2D eigenvalue weighted by molar-refractivity contribution is 5.92. The molecule has 2 rings (SSSR count). The van der Waals surface area contributed by atoms with E-state index < -0.39 is 5.54 Å². The summed E-state index contributed by atoms with van der Waals surface area (Å²) < 4.78 is 4.80. The van der Waals surface area contributed by atoms with Gasteiger partial charge in [0.15, 0.2) is 0 Å². The van der Waals surface area contributed by atoms with Crippen LogP contribution < -0.4 is 5.32 Å². The summed E-state index contributed by atoms with van der Waals surface area (Å²) in [6.07, 6.45) is 1.64. The van der Waals surface area contributed by atoms with Crippen molar-refractivity contribution in [3.8, 4) is 0 Å². The normalized spacial score (nSPS) is 17.9. The minimum atomic E-state index is -0.405. The lowest BCUT2D eigenvalue weighted by Crippen LogP contribution is -2.39. The van der Waals surface area contributed by atoms with Crippen molar-refractivity contribution in [2.24, 2.45) is 0 Å². The quantitative estimate of drug-likeness (QED) is 0.726. The largest absolute Gasteiger partial charge is 0.394 e. The summed E-state index contributed by atoms with van der Waals surface area (Å²) >= 11 is 0. The zero-order valence-corrected chi connectivity index (χ0v) is 7.91. The van der Waals surface area contributed by atoms with Gasteiger partial charge in [-0.15, -0.1) is 0 Å². The summed E-state index contributed by atoms with van der Waals surface area (Å²) in [5, 5.41) is 15.3. The van der Waals surface area contributed by atoms with Crippen molar-refractivity contribution in [1.29, 1.82) is 0 Å². The molecule has 1 amide bonds. The molecule has 0 spiro atoms. The second-order valence-corrected chi connectivity index (χ2v) is 3.73. The maximum atomic E-state index is 11.5. The van der Waals surface area contributed by atoms with Gasteiger partial charge in [-0.3, -0.25) is 4.79 Å². The SMILES string of the molecule is Cc1cc(C(=O)NC2(CO)CC2)on1. The van der Waals surface area contributed by atoms with Gasteiger partial charge in [0.2, 0.25) is 5.76 Å². The van der Waals surface area contributed by atoms with Crippen LogP contribution in [-0.2, 0) is 0 Å². The van der Waals surface area contributed by atoms with Crippen molar-refractivity contribution >= 4 is 5.91 Å². The zero-order chi connectivity index (χ0) is 10.2. The van der Waals surface area contributed by atoms with Crippen LogP contribution in [0.3, 0.4) is 0 Å². The van der Waals surface area contributed by atoms with Crippen molar-refractivity contribution in [3.05, 3.63) is 17.5 Å². The van der Waals surface area contributed by atoms with Crippen LogP contribution in [0.4, 0.5) is 0 Å². The van der Waals surface area contributed by atoms with E-state index in [4.69, 9.17) is 9.63 Å². The van der Waals surface area contributed by atoms with Crippen molar-refractivity contribution in [2.75, 3.05) is 6.61 Å². The van der Waals surface area contributed by atoms with Gasteiger partial charge in [0.1, 0.15) is 0 Å². The van der Waals surface area contributed by atoms with Gasteiger partial charge in [0.05, 0.1) is 17.8 Å². The van der Waals surface area contributed by atoms with E-state index in [1.54, 1.807) is 13.0 Å². The van der Waals surface area contributed by atoms with E-state index in [0.29, 0.717) is 5.69 Å². The van der Waals surface area contributed by atoms with Gasteiger partial charge in [0, 0.05) is 6.07 Å². The molecule has 0 radical (unpaired) electrons. The first-order valence-electron chi connectivity index (χ1n) is 4.52. The lowest BCUT2D eigenvalue weighted by atomic mass is 10.2. The molecule has 14 heavy (non-hydrogen) atoms. The third-order valence-corrected chi connectivity index (χ3v) is 2.39. The fraction of sp³-hybridized carbons (Fsp3) is 0.556. The van der Waals surface area contributed by atoms with Crippen LogP contribution in [0, 0.1) is 6.92 Å². The Morgan fingerprint density at radius 2 is 2.50 bits per heavy atom. The van der Waals surface area contributed by atoms with Crippen LogP contribution >= 0.6 is 0 Å². The molecule has 1 aliphatic rings. The summed E-state index contributed by atoms with van der Waals surface area (Å²) in [4.78, 5) is 11.5. The number of rotatable bonds is 3. The highest BCUT2D eigenvalue weighted by atomic mass is 16.5. The number of amides is 1. The number of nitrogens with one attached hydrogen (secondary N) is 1. The Hall–Kier alpha value is -1.36. The van der Waals surface area contributed by atoms with Gasteiger partial charge in [-0.1, -0.05) is 5.16 Å². The monoisotopic (exact) mass is 196 g/mol. The van der Waals surface area contributed by atoms with E-state index in [1.165, 1.54) is 0 Å². The molecule has 1 fully saturated rings. The first-order chi connectivity index (χ1) is 6.65. The number of aromatic nitrogens is 1. The molecule has 0 unspecified atom stereocenters.